The van der Waals surface area contributed by atoms with E-state index in [4.69, 9.17) is 23.3 Å². The van der Waals surface area contributed by atoms with E-state index < -0.39 is 0 Å². The summed E-state index contributed by atoms with van der Waals surface area (Å²) in [5.41, 5.74) is 0. The van der Waals surface area contributed by atoms with Crippen molar-refractivity contribution < 1.29 is 61.2 Å². The molecule has 0 aliphatic rings. The monoisotopic (exact) mass is 459 g/mol. The number of hydrogen-bond acceptors (Lipinski definition) is 0. The predicted octanol–water partition coefficient (Wildman–Crippen LogP) is 0.257. The van der Waals surface area contributed by atoms with E-state index in [-0.39, 0.29) is 33.5 Å². The molecule has 0 saturated heterocycles. The van der Waals surface area contributed by atoms with Gasteiger partial charge in [-0.3, -0.25) is 0 Å². The van der Waals surface area contributed by atoms with Crippen LogP contribution < -0.4 is 12.4 Å². The summed E-state index contributed by atoms with van der Waals surface area (Å²) >= 11 is 0. The Morgan fingerprint density at radius 1 is 0.480 bits per heavy atom. The quantitative estimate of drug-likeness (QED) is 0.216. The molecule has 8 heteroatoms. The molecule has 0 aliphatic heterocycles. The summed E-state index contributed by atoms with van der Waals surface area (Å²) in [6.45, 7) is 37.3. The van der Waals surface area contributed by atoms with Crippen LogP contribution in [0, 0.1) is 33.3 Å². The van der Waals surface area contributed by atoms with Crippen molar-refractivity contribution >= 4 is 0 Å². The first kappa shape index (κ1) is 49.7. The van der Waals surface area contributed by atoms with Crippen LogP contribution in [0.25, 0.3) is 0 Å². The fourth-order valence-electron chi connectivity index (χ4n) is 2.57. The average molecular weight is 458 g/mol. The van der Waals surface area contributed by atoms with Gasteiger partial charge in [-0.1, -0.05) is 27.7 Å². The standard InChI is InChI=1S/C12H28N.5CO.ClH.Mo/c1-5-9-13(10-6-2,11-7-3)12-8-4;5*1-2;;/h5-12H2,1-4H3;;;;;;1H;/q+1;;;;;;;/p-1. The van der Waals surface area contributed by atoms with Crippen LogP contribution in [0.2, 0.25) is 0 Å². The Morgan fingerprint density at radius 2 is 0.600 bits per heavy atom. The molecule has 0 spiro atoms. The SMILES string of the molecule is CCC[N+](CCC)(CCC)CCC.[C-]#[O+].[C-]#[O+].[C-]#[O+].[C-]#[O+].[C-]#[O+].[Cl-].[Mo]. The number of quaternary nitrogens is 1. The summed E-state index contributed by atoms with van der Waals surface area (Å²) < 4.78 is 38.9. The van der Waals surface area contributed by atoms with Gasteiger partial charge >= 0.3 is 56.5 Å². The van der Waals surface area contributed by atoms with Gasteiger partial charge in [-0.15, -0.1) is 0 Å². The van der Waals surface area contributed by atoms with E-state index in [1.807, 2.05) is 0 Å². The average Bonchev–Trinajstić information content (AvgIpc) is 2.64. The zero-order valence-electron chi connectivity index (χ0n) is 15.4. The van der Waals surface area contributed by atoms with Gasteiger partial charge in [-0.05, 0) is 25.7 Å². The summed E-state index contributed by atoms with van der Waals surface area (Å²) in [5, 5.41) is 0. The molecule has 0 radical (unpaired) electrons. The minimum absolute atomic E-state index is 0. The summed E-state index contributed by atoms with van der Waals surface area (Å²) in [5.74, 6) is 0. The largest absolute Gasteiger partial charge is 1.00 e. The third-order valence-corrected chi connectivity index (χ3v) is 2.79. The van der Waals surface area contributed by atoms with Gasteiger partial charge in [-0.2, -0.15) is 0 Å². The Kier molecular flexibility index (Phi) is 130. The molecule has 0 aromatic carbocycles. The third kappa shape index (κ3) is 45.3. The molecule has 0 heterocycles. The van der Waals surface area contributed by atoms with Crippen LogP contribution >= 0.6 is 0 Å². The maximum Gasteiger partial charge on any atom is 0 e. The number of nitrogens with zero attached hydrogens (tertiary/aromatic N) is 1. The summed E-state index contributed by atoms with van der Waals surface area (Å²) in [4.78, 5) is 0. The molecule has 0 bridgehead atoms. The second-order valence-electron chi connectivity index (χ2n) is 4.24. The van der Waals surface area contributed by atoms with Gasteiger partial charge in [0.05, 0.1) is 26.2 Å². The maximum atomic E-state index is 7.50. The van der Waals surface area contributed by atoms with Crippen LogP contribution in [-0.2, 0) is 44.3 Å². The van der Waals surface area contributed by atoms with Crippen molar-refractivity contribution in [1.29, 1.82) is 0 Å². The predicted molar refractivity (Wildman–Crippen MR) is 80.5 cm³/mol. The van der Waals surface area contributed by atoms with Gasteiger partial charge in [0.15, 0.2) is 0 Å². The second kappa shape index (κ2) is 65.1. The molecule has 0 fully saturated rings. The van der Waals surface area contributed by atoms with Gasteiger partial charge in [0.1, 0.15) is 0 Å². The van der Waals surface area contributed by atoms with Crippen LogP contribution in [-0.4, -0.2) is 30.7 Å². The van der Waals surface area contributed by atoms with Crippen molar-refractivity contribution in [2.45, 2.75) is 53.4 Å². The Balaban J connectivity index is -0.0000000345. The van der Waals surface area contributed by atoms with Gasteiger partial charge in [0, 0.05) is 21.1 Å². The van der Waals surface area contributed by atoms with Crippen LogP contribution in [0.15, 0.2) is 0 Å². The summed E-state index contributed by atoms with van der Waals surface area (Å²) in [6.07, 6.45) is 5.33. The van der Waals surface area contributed by atoms with Gasteiger partial charge in [-0.25, -0.2) is 0 Å². The molecule has 144 valence electrons. The maximum absolute atomic E-state index is 7.50. The molecule has 0 unspecified atom stereocenters. The molecular weight excluding hydrogens is 430 g/mol. The molecule has 0 aliphatic carbocycles. The van der Waals surface area contributed by atoms with Crippen molar-refractivity contribution in [3.63, 3.8) is 0 Å². The molecule has 0 rings (SSSR count). The van der Waals surface area contributed by atoms with E-state index >= 15 is 0 Å². The molecule has 25 heavy (non-hydrogen) atoms. The van der Waals surface area contributed by atoms with E-state index in [9.17, 15) is 0 Å². The zero-order chi connectivity index (χ0) is 20.2. The molecule has 0 saturated carbocycles. The molecule has 0 aromatic heterocycles. The molecule has 0 N–H and O–H groups in total. The summed E-state index contributed by atoms with van der Waals surface area (Å²) in [7, 11) is 0. The summed E-state index contributed by atoms with van der Waals surface area (Å²) in [6, 6.07) is 0. The van der Waals surface area contributed by atoms with E-state index in [2.05, 4.69) is 60.9 Å². The van der Waals surface area contributed by atoms with Crippen molar-refractivity contribution in [3.8, 4) is 0 Å². The van der Waals surface area contributed by atoms with Gasteiger partial charge in [0.25, 0.3) is 0 Å². The van der Waals surface area contributed by atoms with Crippen molar-refractivity contribution in [3.05, 3.63) is 33.3 Å². The van der Waals surface area contributed by atoms with E-state index in [1.165, 1.54) is 56.3 Å². The minimum Gasteiger partial charge on any atom is -1.00 e. The van der Waals surface area contributed by atoms with Crippen LogP contribution in [0.3, 0.4) is 0 Å². The number of halogens is 1. The smallest absolute Gasteiger partial charge is 0 e. The van der Waals surface area contributed by atoms with Gasteiger partial charge in [0.2, 0.25) is 0 Å². The Labute approximate surface area is 174 Å². The first-order chi connectivity index (χ1) is 11.2. The topological polar surface area (TPSA) is 99.5 Å². The van der Waals surface area contributed by atoms with Crippen LogP contribution in [0.1, 0.15) is 53.4 Å². The normalized spacial score (nSPS) is 6.64. The number of rotatable bonds is 8. The van der Waals surface area contributed by atoms with Crippen molar-refractivity contribution in [2.24, 2.45) is 0 Å². The molecule has 0 atom stereocenters. The second-order valence-corrected chi connectivity index (χ2v) is 4.24. The van der Waals surface area contributed by atoms with Crippen molar-refractivity contribution in [1.82, 2.24) is 0 Å². The Morgan fingerprint density at radius 3 is 0.680 bits per heavy atom. The Bertz CT molecular complexity index is 227. The van der Waals surface area contributed by atoms with Crippen molar-refractivity contribution in [2.75, 3.05) is 26.2 Å². The number of hydrogen-bond donors (Lipinski definition) is 0. The molecule has 0 amide bonds. The fraction of sp³-hybridized carbons (Fsp3) is 0.706. The third-order valence-electron chi connectivity index (χ3n) is 2.79. The first-order valence-electron chi connectivity index (χ1n) is 7.11. The molecule has 0 aromatic rings. The molecular formula is C17H28ClMoNO5. The fourth-order valence-corrected chi connectivity index (χ4v) is 2.57. The van der Waals surface area contributed by atoms with E-state index in [0.29, 0.717) is 0 Å². The van der Waals surface area contributed by atoms with Crippen LogP contribution in [0.4, 0.5) is 0 Å². The Hall–Kier alpha value is -0.362. The zero-order valence-corrected chi connectivity index (χ0v) is 18.2. The molecule has 6 nitrogen and oxygen atoms in total. The van der Waals surface area contributed by atoms with E-state index in [0.717, 1.165) is 0 Å². The minimum atomic E-state index is 0. The van der Waals surface area contributed by atoms with Crippen LogP contribution in [0.5, 0.6) is 0 Å². The van der Waals surface area contributed by atoms with E-state index in [1.54, 1.807) is 0 Å². The van der Waals surface area contributed by atoms with Gasteiger partial charge < -0.3 is 16.9 Å². The first-order valence-corrected chi connectivity index (χ1v) is 7.11.